The van der Waals surface area contributed by atoms with Crippen LogP contribution in [0.5, 0.6) is 17.2 Å². The lowest BCUT2D eigenvalue weighted by molar-refractivity contribution is -0.0441. The quantitative estimate of drug-likeness (QED) is 0.412. The second-order valence-corrected chi connectivity index (χ2v) is 12.7. The minimum absolute atomic E-state index is 0.0985. The second-order valence-electron chi connectivity index (χ2n) is 12.7. The third kappa shape index (κ3) is 3.39. The number of benzene rings is 1. The predicted molar refractivity (Wildman–Crippen MR) is 129 cm³/mol. The molecule has 0 aliphatic heterocycles. The van der Waals surface area contributed by atoms with Gasteiger partial charge in [0.1, 0.15) is 17.2 Å². The summed E-state index contributed by atoms with van der Waals surface area (Å²) in [5.41, 5.74) is -1.55. The average molecular weight is 473 g/mol. The van der Waals surface area contributed by atoms with Crippen molar-refractivity contribution in [3.05, 3.63) is 16.7 Å². The topological polar surface area (TPSA) is 115 Å². The number of aromatic hydroxyl groups is 3. The van der Waals surface area contributed by atoms with E-state index in [1.807, 2.05) is 6.92 Å². The Bertz CT molecular complexity index is 974. The van der Waals surface area contributed by atoms with Crippen LogP contribution in [0, 0.1) is 40.4 Å². The molecule has 188 valence electrons. The molecule has 0 saturated heterocycles. The molecule has 3 saturated carbocycles. The first kappa shape index (κ1) is 25.0. The zero-order valence-electron chi connectivity index (χ0n) is 21.3. The molecule has 0 bridgehead atoms. The molecule has 3 fully saturated rings. The standard InChI is InChI=1S/C28H40O6/c1-14(2)11-19(20-24(32)15(12-29)23(31)16(13-30)25(20)33)27(5)9-7-18-22(27)21-17(26(21,3)4)8-10-28(18,6)34/h12-14,17-19,21-22,31-34H,7-11H2,1-6H3/t17-,18-,19+,21-,22-,27-,28-/m1/s1. The lowest BCUT2D eigenvalue weighted by Crippen LogP contribution is -2.42. The first-order valence-electron chi connectivity index (χ1n) is 12.7. The number of fused-ring (bicyclic) bond motifs is 3. The lowest BCUT2D eigenvalue weighted by atomic mass is 9.59. The molecule has 6 nitrogen and oxygen atoms in total. The number of phenols is 3. The number of hydrogen-bond donors (Lipinski definition) is 4. The molecule has 0 heterocycles. The molecule has 4 rings (SSSR count). The molecule has 0 amide bonds. The Morgan fingerprint density at radius 1 is 0.853 bits per heavy atom. The van der Waals surface area contributed by atoms with E-state index in [-0.39, 0.29) is 51.2 Å². The van der Waals surface area contributed by atoms with Gasteiger partial charge in [-0.05, 0) is 85.4 Å². The van der Waals surface area contributed by atoms with E-state index < -0.39 is 22.8 Å². The van der Waals surface area contributed by atoms with Gasteiger partial charge in [0.25, 0.3) is 0 Å². The smallest absolute Gasteiger partial charge is 0.157 e. The highest BCUT2D eigenvalue weighted by atomic mass is 16.3. The van der Waals surface area contributed by atoms with E-state index in [2.05, 4.69) is 34.6 Å². The van der Waals surface area contributed by atoms with Gasteiger partial charge < -0.3 is 20.4 Å². The van der Waals surface area contributed by atoms with Crippen molar-refractivity contribution in [2.45, 2.75) is 85.2 Å². The number of rotatable bonds is 6. The van der Waals surface area contributed by atoms with Crippen LogP contribution in [-0.4, -0.2) is 38.6 Å². The number of carbonyl (C=O) groups is 2. The Balaban J connectivity index is 1.94. The van der Waals surface area contributed by atoms with Crippen molar-refractivity contribution in [3.63, 3.8) is 0 Å². The summed E-state index contributed by atoms with van der Waals surface area (Å²) in [6, 6.07) is 0. The van der Waals surface area contributed by atoms with E-state index >= 15 is 0 Å². The molecular formula is C28H40O6. The number of aliphatic hydroxyl groups is 1. The van der Waals surface area contributed by atoms with Gasteiger partial charge in [0.2, 0.25) is 0 Å². The van der Waals surface area contributed by atoms with Gasteiger partial charge in [-0.1, -0.05) is 34.6 Å². The minimum atomic E-state index is -0.782. The monoisotopic (exact) mass is 472 g/mol. The molecule has 0 unspecified atom stereocenters. The Hall–Kier alpha value is -2.08. The van der Waals surface area contributed by atoms with Crippen LogP contribution >= 0.6 is 0 Å². The number of aldehydes is 2. The van der Waals surface area contributed by atoms with Crippen molar-refractivity contribution >= 4 is 12.6 Å². The number of phenolic OH excluding ortho intramolecular Hbond substituents is 3. The van der Waals surface area contributed by atoms with Crippen LogP contribution in [0.4, 0.5) is 0 Å². The van der Waals surface area contributed by atoms with E-state index in [4.69, 9.17) is 0 Å². The molecule has 0 radical (unpaired) electrons. The maximum Gasteiger partial charge on any atom is 0.157 e. The van der Waals surface area contributed by atoms with E-state index in [0.717, 1.165) is 25.7 Å². The molecule has 0 spiro atoms. The normalized spacial score (nSPS) is 36.9. The first-order chi connectivity index (χ1) is 15.7. The second kappa shape index (κ2) is 7.97. The van der Waals surface area contributed by atoms with Gasteiger partial charge in [-0.2, -0.15) is 0 Å². The van der Waals surface area contributed by atoms with Gasteiger partial charge in [0.15, 0.2) is 12.6 Å². The van der Waals surface area contributed by atoms with Crippen molar-refractivity contribution in [2.24, 2.45) is 40.4 Å². The summed E-state index contributed by atoms with van der Waals surface area (Å²) >= 11 is 0. The fraction of sp³-hybridized carbons (Fsp3) is 0.714. The van der Waals surface area contributed by atoms with Crippen LogP contribution in [0.15, 0.2) is 0 Å². The van der Waals surface area contributed by atoms with Crippen molar-refractivity contribution in [2.75, 3.05) is 0 Å². The summed E-state index contributed by atoms with van der Waals surface area (Å²) in [5, 5.41) is 44.1. The molecular weight excluding hydrogens is 432 g/mol. The zero-order valence-corrected chi connectivity index (χ0v) is 21.3. The van der Waals surface area contributed by atoms with Gasteiger partial charge in [-0.25, -0.2) is 0 Å². The molecule has 3 aliphatic rings. The summed E-state index contributed by atoms with van der Waals surface area (Å²) in [6.45, 7) is 12.9. The molecule has 34 heavy (non-hydrogen) atoms. The van der Waals surface area contributed by atoms with Crippen LogP contribution < -0.4 is 0 Å². The van der Waals surface area contributed by atoms with Crippen molar-refractivity contribution in [1.82, 2.24) is 0 Å². The average Bonchev–Trinajstić information content (AvgIpc) is 3.13. The van der Waals surface area contributed by atoms with Crippen molar-refractivity contribution in [3.8, 4) is 17.2 Å². The van der Waals surface area contributed by atoms with Gasteiger partial charge >= 0.3 is 0 Å². The molecule has 7 atom stereocenters. The van der Waals surface area contributed by atoms with Gasteiger partial charge in [0, 0.05) is 5.56 Å². The van der Waals surface area contributed by atoms with Crippen LogP contribution in [0.3, 0.4) is 0 Å². The molecule has 1 aromatic carbocycles. The minimum Gasteiger partial charge on any atom is -0.507 e. The van der Waals surface area contributed by atoms with E-state index in [1.54, 1.807) is 0 Å². The largest absolute Gasteiger partial charge is 0.507 e. The van der Waals surface area contributed by atoms with Crippen LogP contribution in [0.2, 0.25) is 0 Å². The molecule has 0 aromatic heterocycles. The van der Waals surface area contributed by atoms with Crippen LogP contribution in [-0.2, 0) is 0 Å². The van der Waals surface area contributed by atoms with E-state index in [1.165, 1.54) is 0 Å². The summed E-state index contributed by atoms with van der Waals surface area (Å²) in [5.74, 6) is -0.524. The van der Waals surface area contributed by atoms with Gasteiger partial charge in [0.05, 0.1) is 16.7 Å². The van der Waals surface area contributed by atoms with E-state index in [0.29, 0.717) is 30.8 Å². The van der Waals surface area contributed by atoms with Crippen molar-refractivity contribution in [1.29, 1.82) is 0 Å². The Kier molecular flexibility index (Phi) is 5.87. The highest BCUT2D eigenvalue weighted by Crippen LogP contribution is 2.76. The summed E-state index contributed by atoms with van der Waals surface area (Å²) < 4.78 is 0. The Morgan fingerprint density at radius 3 is 1.88 bits per heavy atom. The SMILES string of the molecule is CC(C)C[C@@H](c1c(O)c(C=O)c(O)c(C=O)c1O)[C@@]1(C)CC[C@@H]2[C@@H]1[C@H]1[C@@H](CC[C@@]2(C)O)C1(C)C. The Morgan fingerprint density at radius 2 is 1.38 bits per heavy atom. The highest BCUT2D eigenvalue weighted by Gasteiger charge is 2.70. The maximum absolute atomic E-state index is 11.8. The fourth-order valence-corrected chi connectivity index (χ4v) is 8.23. The van der Waals surface area contributed by atoms with Crippen LogP contribution in [0.1, 0.15) is 106 Å². The summed E-state index contributed by atoms with van der Waals surface area (Å²) in [4.78, 5) is 23.6. The molecule has 6 heteroatoms. The third-order valence-corrected chi connectivity index (χ3v) is 10.1. The summed E-state index contributed by atoms with van der Waals surface area (Å²) in [6.07, 6.45) is 4.71. The third-order valence-electron chi connectivity index (χ3n) is 10.1. The Labute approximate surface area is 202 Å². The molecule has 1 aromatic rings. The fourth-order valence-electron chi connectivity index (χ4n) is 8.23. The van der Waals surface area contributed by atoms with Gasteiger partial charge in [-0.15, -0.1) is 0 Å². The van der Waals surface area contributed by atoms with Crippen molar-refractivity contribution < 1.29 is 30.0 Å². The summed E-state index contributed by atoms with van der Waals surface area (Å²) in [7, 11) is 0. The highest BCUT2D eigenvalue weighted by molar-refractivity contribution is 5.95. The first-order valence-corrected chi connectivity index (χ1v) is 12.7. The van der Waals surface area contributed by atoms with Gasteiger partial charge in [-0.3, -0.25) is 9.59 Å². The molecule has 4 N–H and O–H groups in total. The lowest BCUT2D eigenvalue weighted by Gasteiger charge is -2.45. The maximum atomic E-state index is 11.8. The molecule has 3 aliphatic carbocycles. The van der Waals surface area contributed by atoms with Crippen LogP contribution in [0.25, 0.3) is 0 Å². The zero-order chi connectivity index (χ0) is 25.4. The predicted octanol–water partition coefficient (Wildman–Crippen LogP) is 5.41. The number of hydrogen-bond acceptors (Lipinski definition) is 6. The van der Waals surface area contributed by atoms with E-state index in [9.17, 15) is 30.0 Å². The number of carbonyl (C=O) groups excluding carboxylic acids is 2.